The van der Waals surface area contributed by atoms with Crippen molar-refractivity contribution in [3.8, 4) is 11.3 Å². The fourth-order valence-corrected chi connectivity index (χ4v) is 3.82. The molecule has 1 amide bonds. The average Bonchev–Trinajstić information content (AvgIpc) is 3.06. The molecule has 1 aromatic heterocycles. The highest BCUT2D eigenvalue weighted by atomic mass is 19.1. The topological polar surface area (TPSA) is 65.1 Å². The van der Waals surface area contributed by atoms with Crippen LogP contribution in [0.3, 0.4) is 0 Å². The SMILES string of the molecule is CC(CO)NC=O.CC1CC(c2c(-c3ccc(F)cc3)[nH]c3c(F)cc(F)cc23)C1. The lowest BCUT2D eigenvalue weighted by Crippen LogP contribution is -2.27. The lowest BCUT2D eigenvalue weighted by atomic mass is 9.71. The number of benzene rings is 2. The number of aliphatic hydroxyl groups excluding tert-OH is 1. The van der Waals surface area contributed by atoms with E-state index in [0.717, 1.165) is 35.7 Å². The zero-order valence-corrected chi connectivity index (χ0v) is 16.9. The van der Waals surface area contributed by atoms with Crippen molar-refractivity contribution < 1.29 is 23.1 Å². The minimum absolute atomic E-state index is 0.00125. The van der Waals surface area contributed by atoms with E-state index < -0.39 is 11.6 Å². The molecule has 1 saturated carbocycles. The molecular weight excluding hydrogens is 393 g/mol. The van der Waals surface area contributed by atoms with E-state index in [4.69, 9.17) is 5.11 Å². The van der Waals surface area contributed by atoms with Crippen LogP contribution in [0, 0.1) is 23.4 Å². The number of carbonyl (C=O) groups excluding carboxylic acids is 1. The summed E-state index contributed by atoms with van der Waals surface area (Å²) in [4.78, 5) is 12.6. The van der Waals surface area contributed by atoms with E-state index in [0.29, 0.717) is 23.2 Å². The Morgan fingerprint density at radius 3 is 2.37 bits per heavy atom. The molecule has 1 unspecified atom stereocenters. The second-order valence-electron chi connectivity index (χ2n) is 7.87. The molecule has 7 heteroatoms. The van der Waals surface area contributed by atoms with Crippen LogP contribution in [0.25, 0.3) is 22.2 Å². The van der Waals surface area contributed by atoms with Gasteiger partial charge in [-0.25, -0.2) is 13.2 Å². The number of hydrogen-bond acceptors (Lipinski definition) is 2. The standard InChI is InChI=1S/C19H16F3N.C4H9NO2/c1-10-6-12(7-10)17-15-8-14(21)9-16(22)19(15)23-18(17)11-2-4-13(20)5-3-11;1-4(2-6)5-3-7/h2-5,8-10,12,23H,6-7H2,1H3;3-4,6H,2H2,1H3,(H,5,7). The Balaban J connectivity index is 0.000000318. The second-order valence-corrected chi connectivity index (χ2v) is 7.87. The van der Waals surface area contributed by atoms with Crippen molar-refractivity contribution in [2.24, 2.45) is 5.92 Å². The Kier molecular flexibility index (Phi) is 6.82. The van der Waals surface area contributed by atoms with Crippen LogP contribution in [0.2, 0.25) is 0 Å². The number of H-pyrrole nitrogens is 1. The first-order valence-electron chi connectivity index (χ1n) is 9.91. The van der Waals surface area contributed by atoms with Gasteiger partial charge in [0, 0.05) is 17.5 Å². The van der Waals surface area contributed by atoms with Gasteiger partial charge in [-0.2, -0.15) is 0 Å². The van der Waals surface area contributed by atoms with E-state index in [9.17, 15) is 18.0 Å². The van der Waals surface area contributed by atoms with Gasteiger partial charge in [-0.05, 0) is 73.1 Å². The summed E-state index contributed by atoms with van der Waals surface area (Å²) >= 11 is 0. The van der Waals surface area contributed by atoms with Crippen LogP contribution in [0.15, 0.2) is 36.4 Å². The van der Waals surface area contributed by atoms with E-state index in [1.807, 2.05) is 0 Å². The summed E-state index contributed by atoms with van der Waals surface area (Å²) in [6, 6.07) is 8.26. The number of carbonyl (C=O) groups is 1. The van der Waals surface area contributed by atoms with Crippen LogP contribution in [0.1, 0.15) is 38.2 Å². The van der Waals surface area contributed by atoms with Gasteiger partial charge in [-0.3, -0.25) is 4.79 Å². The first-order valence-corrected chi connectivity index (χ1v) is 9.91. The summed E-state index contributed by atoms with van der Waals surface area (Å²) in [5.74, 6) is -0.597. The predicted molar refractivity (Wildman–Crippen MR) is 110 cm³/mol. The number of amides is 1. The Morgan fingerprint density at radius 1 is 1.17 bits per heavy atom. The molecule has 0 saturated heterocycles. The summed E-state index contributed by atoms with van der Waals surface area (Å²) in [7, 11) is 0. The van der Waals surface area contributed by atoms with E-state index >= 15 is 0 Å². The highest BCUT2D eigenvalue weighted by molar-refractivity contribution is 5.92. The van der Waals surface area contributed by atoms with Gasteiger partial charge in [0.15, 0.2) is 0 Å². The van der Waals surface area contributed by atoms with Crippen LogP contribution in [0.4, 0.5) is 13.2 Å². The van der Waals surface area contributed by atoms with E-state index in [1.54, 1.807) is 19.1 Å². The van der Waals surface area contributed by atoms with Crippen molar-refractivity contribution in [2.75, 3.05) is 6.61 Å². The monoisotopic (exact) mass is 418 g/mol. The second kappa shape index (κ2) is 9.34. The maximum absolute atomic E-state index is 14.2. The number of rotatable bonds is 5. The van der Waals surface area contributed by atoms with Gasteiger partial charge in [0.05, 0.1) is 17.8 Å². The van der Waals surface area contributed by atoms with Crippen molar-refractivity contribution >= 4 is 17.3 Å². The third-order valence-corrected chi connectivity index (χ3v) is 5.41. The zero-order chi connectivity index (χ0) is 21.8. The van der Waals surface area contributed by atoms with Crippen LogP contribution in [-0.4, -0.2) is 29.1 Å². The molecule has 1 heterocycles. The van der Waals surface area contributed by atoms with E-state index in [1.165, 1.54) is 18.2 Å². The molecule has 0 radical (unpaired) electrons. The van der Waals surface area contributed by atoms with Crippen molar-refractivity contribution in [3.63, 3.8) is 0 Å². The number of halogens is 3. The molecule has 0 aliphatic heterocycles. The molecular formula is C23H25F3N2O2. The first-order chi connectivity index (χ1) is 14.3. The van der Waals surface area contributed by atoms with Crippen molar-refractivity contribution in [1.29, 1.82) is 0 Å². The van der Waals surface area contributed by atoms with Crippen molar-refractivity contribution in [3.05, 3.63) is 59.4 Å². The van der Waals surface area contributed by atoms with Gasteiger partial charge in [0.2, 0.25) is 6.41 Å². The van der Waals surface area contributed by atoms with Crippen LogP contribution < -0.4 is 5.32 Å². The van der Waals surface area contributed by atoms with Gasteiger partial charge >= 0.3 is 0 Å². The maximum atomic E-state index is 14.2. The van der Waals surface area contributed by atoms with Crippen molar-refractivity contribution in [2.45, 2.75) is 38.6 Å². The molecule has 0 bridgehead atoms. The lowest BCUT2D eigenvalue weighted by Gasteiger charge is -2.33. The van der Waals surface area contributed by atoms with Crippen LogP contribution in [-0.2, 0) is 4.79 Å². The molecule has 1 aliphatic carbocycles. The average molecular weight is 418 g/mol. The minimum Gasteiger partial charge on any atom is -0.394 e. The molecule has 2 aromatic carbocycles. The van der Waals surface area contributed by atoms with Crippen molar-refractivity contribution in [1.82, 2.24) is 10.3 Å². The van der Waals surface area contributed by atoms with Gasteiger partial charge in [0.1, 0.15) is 17.5 Å². The number of fused-ring (bicyclic) bond motifs is 1. The summed E-state index contributed by atoms with van der Waals surface area (Å²) in [5, 5.41) is 11.2. The molecule has 1 aliphatic rings. The highest BCUT2D eigenvalue weighted by Crippen LogP contribution is 2.48. The van der Waals surface area contributed by atoms with Gasteiger partial charge in [-0.1, -0.05) is 6.92 Å². The van der Waals surface area contributed by atoms with Crippen LogP contribution >= 0.6 is 0 Å². The van der Waals surface area contributed by atoms with Crippen LogP contribution in [0.5, 0.6) is 0 Å². The number of nitrogens with one attached hydrogen (secondary N) is 2. The number of aromatic amines is 1. The van der Waals surface area contributed by atoms with Gasteiger partial charge in [0.25, 0.3) is 0 Å². The number of aliphatic hydroxyl groups is 1. The summed E-state index contributed by atoms with van der Waals surface area (Å²) in [6.45, 7) is 3.89. The maximum Gasteiger partial charge on any atom is 0.207 e. The normalized spacial score (nSPS) is 18.9. The van der Waals surface area contributed by atoms with E-state index in [-0.39, 0.29) is 24.4 Å². The quantitative estimate of drug-likeness (QED) is 0.517. The zero-order valence-electron chi connectivity index (χ0n) is 16.9. The fourth-order valence-electron chi connectivity index (χ4n) is 3.82. The Bertz CT molecular complexity index is 1010. The largest absolute Gasteiger partial charge is 0.394 e. The molecule has 1 atom stereocenters. The third kappa shape index (κ3) is 4.67. The summed E-state index contributed by atoms with van der Waals surface area (Å²) < 4.78 is 41.0. The molecule has 3 aromatic rings. The third-order valence-electron chi connectivity index (χ3n) is 5.41. The molecule has 4 nitrogen and oxygen atoms in total. The highest BCUT2D eigenvalue weighted by Gasteiger charge is 2.32. The Morgan fingerprint density at radius 2 is 1.83 bits per heavy atom. The summed E-state index contributed by atoms with van der Waals surface area (Å²) in [6.07, 6.45) is 2.57. The number of hydrogen-bond donors (Lipinski definition) is 3. The molecule has 1 fully saturated rings. The molecule has 4 rings (SSSR count). The Labute approximate surface area is 173 Å². The molecule has 30 heavy (non-hydrogen) atoms. The minimum atomic E-state index is -0.595. The fraction of sp³-hybridized carbons (Fsp3) is 0.348. The predicted octanol–water partition coefficient (Wildman–Crippen LogP) is 4.88. The first kappa shape index (κ1) is 21.9. The van der Waals surface area contributed by atoms with Gasteiger partial charge in [-0.15, -0.1) is 0 Å². The lowest BCUT2D eigenvalue weighted by molar-refractivity contribution is -0.110. The molecule has 3 N–H and O–H groups in total. The Hall–Kier alpha value is -2.80. The molecule has 160 valence electrons. The van der Waals surface area contributed by atoms with Gasteiger partial charge < -0.3 is 15.4 Å². The van der Waals surface area contributed by atoms with E-state index in [2.05, 4.69) is 17.2 Å². The number of aromatic nitrogens is 1. The smallest absolute Gasteiger partial charge is 0.207 e. The summed E-state index contributed by atoms with van der Waals surface area (Å²) in [5.41, 5.74) is 2.82. The molecule has 0 spiro atoms.